The van der Waals surface area contributed by atoms with Crippen LogP contribution < -0.4 is 9.47 Å². The van der Waals surface area contributed by atoms with Gasteiger partial charge in [-0.05, 0) is 0 Å². The summed E-state index contributed by atoms with van der Waals surface area (Å²) >= 11 is 0. The van der Waals surface area contributed by atoms with Gasteiger partial charge in [0.15, 0.2) is 11.5 Å². The minimum Gasteiger partial charge on any atom is -0.486 e. The number of hydrogen-bond donors (Lipinski definition) is 0. The summed E-state index contributed by atoms with van der Waals surface area (Å²) in [4.78, 5) is 4.22. The minimum absolute atomic E-state index is 0.288. The molecule has 5 nitrogen and oxygen atoms in total. The number of ether oxygens (including phenoxy) is 2. The maximum Gasteiger partial charge on any atom is 0.163 e. The van der Waals surface area contributed by atoms with Crippen LogP contribution in [-0.2, 0) is 6.54 Å². The Morgan fingerprint density at radius 1 is 1.31 bits per heavy atom. The quantitative estimate of drug-likeness (QED) is 0.720. The first-order valence-electron chi connectivity index (χ1n) is 5.00. The summed E-state index contributed by atoms with van der Waals surface area (Å²) < 4.78 is 12.7. The molecule has 0 N–H and O–H groups in total. The Morgan fingerprint density at radius 2 is 2.06 bits per heavy atom. The molecule has 16 heavy (non-hydrogen) atoms. The first-order chi connectivity index (χ1) is 7.88. The molecule has 0 saturated heterocycles. The second-order valence-electron chi connectivity index (χ2n) is 3.52. The molecule has 0 saturated carbocycles. The third kappa shape index (κ3) is 1.27. The Bertz CT molecular complexity index is 583. The van der Waals surface area contributed by atoms with Gasteiger partial charge < -0.3 is 14.0 Å². The van der Waals surface area contributed by atoms with Gasteiger partial charge in [0.05, 0.1) is 23.4 Å². The van der Waals surface area contributed by atoms with E-state index in [1.807, 2.05) is 12.1 Å². The molecule has 5 heteroatoms. The molecule has 2 aromatic rings. The van der Waals surface area contributed by atoms with Gasteiger partial charge in [-0.15, -0.1) is 0 Å². The summed E-state index contributed by atoms with van der Waals surface area (Å²) in [5.41, 5.74) is 1.71. The van der Waals surface area contributed by atoms with Crippen LogP contribution in [0.4, 0.5) is 0 Å². The van der Waals surface area contributed by atoms with Crippen LogP contribution in [0.25, 0.3) is 11.0 Å². The van der Waals surface area contributed by atoms with E-state index < -0.39 is 0 Å². The second-order valence-corrected chi connectivity index (χ2v) is 3.52. The molecule has 0 radical (unpaired) electrons. The Kier molecular flexibility index (Phi) is 1.93. The predicted molar refractivity (Wildman–Crippen MR) is 56.3 cm³/mol. The summed E-state index contributed by atoms with van der Waals surface area (Å²) in [5, 5.41) is 8.68. The summed E-state index contributed by atoms with van der Waals surface area (Å²) in [6, 6.07) is 5.81. The van der Waals surface area contributed by atoms with Crippen molar-refractivity contribution >= 4 is 11.0 Å². The fourth-order valence-electron chi connectivity index (χ4n) is 1.80. The molecule has 1 aliphatic heterocycles. The molecule has 1 aromatic carbocycles. The molecular formula is C11H9N3O2. The molecule has 0 fully saturated rings. The number of imidazole rings is 1. The van der Waals surface area contributed by atoms with Crippen molar-refractivity contribution in [2.24, 2.45) is 0 Å². The van der Waals surface area contributed by atoms with E-state index in [0.717, 1.165) is 22.5 Å². The zero-order chi connectivity index (χ0) is 11.0. The maximum atomic E-state index is 8.68. The fraction of sp³-hybridized carbons (Fsp3) is 0.273. The Morgan fingerprint density at radius 3 is 2.81 bits per heavy atom. The van der Waals surface area contributed by atoms with Crippen molar-refractivity contribution in [1.82, 2.24) is 9.55 Å². The lowest BCUT2D eigenvalue weighted by atomic mass is 10.2. The summed E-state index contributed by atoms with van der Waals surface area (Å²) in [6.45, 7) is 1.42. The Labute approximate surface area is 91.8 Å². The molecule has 0 atom stereocenters. The highest BCUT2D eigenvalue weighted by atomic mass is 16.6. The predicted octanol–water partition coefficient (Wildman–Crippen LogP) is 1.33. The second kappa shape index (κ2) is 3.42. The Balaban J connectivity index is 2.18. The number of nitrogens with zero attached hydrogens (tertiary/aromatic N) is 3. The standard InChI is InChI=1S/C11H9N3O2/c12-1-2-14-7-13-8-5-10-11(6-9(8)14)16-4-3-15-10/h5-7H,2-4H2. The SMILES string of the molecule is N#CCn1cnc2cc3c(cc21)OCCO3. The molecule has 3 rings (SSSR count). The van der Waals surface area contributed by atoms with Gasteiger partial charge in [-0.25, -0.2) is 4.98 Å². The van der Waals surface area contributed by atoms with Gasteiger partial charge in [0.25, 0.3) is 0 Å². The van der Waals surface area contributed by atoms with Crippen molar-refractivity contribution in [3.8, 4) is 17.6 Å². The third-order valence-corrected chi connectivity index (χ3v) is 2.53. The summed E-state index contributed by atoms with van der Waals surface area (Å²) in [7, 11) is 0. The van der Waals surface area contributed by atoms with Gasteiger partial charge in [0, 0.05) is 12.1 Å². The normalized spacial score (nSPS) is 13.7. The fourth-order valence-corrected chi connectivity index (χ4v) is 1.80. The van der Waals surface area contributed by atoms with E-state index >= 15 is 0 Å². The number of benzene rings is 1. The van der Waals surface area contributed by atoms with Crippen molar-refractivity contribution in [3.63, 3.8) is 0 Å². The molecule has 0 aliphatic carbocycles. The molecule has 2 heterocycles. The molecule has 1 aliphatic rings. The average molecular weight is 215 g/mol. The summed E-state index contributed by atoms with van der Waals surface area (Å²) in [5.74, 6) is 1.44. The van der Waals surface area contributed by atoms with Crippen molar-refractivity contribution < 1.29 is 9.47 Å². The van der Waals surface area contributed by atoms with Crippen LogP contribution in [0.5, 0.6) is 11.5 Å². The number of nitriles is 1. The van der Waals surface area contributed by atoms with Gasteiger partial charge in [-0.1, -0.05) is 0 Å². The molecule has 0 amide bonds. The lowest BCUT2D eigenvalue weighted by Crippen LogP contribution is -2.15. The van der Waals surface area contributed by atoms with E-state index in [1.54, 1.807) is 10.9 Å². The van der Waals surface area contributed by atoms with Crippen LogP contribution in [0.15, 0.2) is 18.5 Å². The topological polar surface area (TPSA) is 60.1 Å². The summed E-state index contributed by atoms with van der Waals surface area (Å²) in [6.07, 6.45) is 1.65. The molecule has 1 aromatic heterocycles. The lowest BCUT2D eigenvalue weighted by Gasteiger charge is -2.18. The zero-order valence-corrected chi connectivity index (χ0v) is 8.51. The van der Waals surface area contributed by atoms with E-state index in [2.05, 4.69) is 11.1 Å². The highest BCUT2D eigenvalue weighted by Crippen LogP contribution is 2.33. The minimum atomic E-state index is 0.288. The first-order valence-corrected chi connectivity index (χ1v) is 5.00. The van der Waals surface area contributed by atoms with Gasteiger partial charge >= 0.3 is 0 Å². The zero-order valence-electron chi connectivity index (χ0n) is 8.51. The first kappa shape index (κ1) is 9.04. The lowest BCUT2D eigenvalue weighted by molar-refractivity contribution is 0.172. The van der Waals surface area contributed by atoms with Gasteiger partial charge in [-0.3, -0.25) is 0 Å². The van der Waals surface area contributed by atoms with Crippen LogP contribution in [-0.4, -0.2) is 22.8 Å². The van der Waals surface area contributed by atoms with Crippen molar-refractivity contribution in [1.29, 1.82) is 5.26 Å². The van der Waals surface area contributed by atoms with Gasteiger partial charge in [0.1, 0.15) is 19.8 Å². The number of hydrogen-bond acceptors (Lipinski definition) is 4. The van der Waals surface area contributed by atoms with Crippen molar-refractivity contribution in [2.45, 2.75) is 6.54 Å². The smallest absolute Gasteiger partial charge is 0.163 e. The number of fused-ring (bicyclic) bond motifs is 2. The van der Waals surface area contributed by atoms with E-state index in [1.165, 1.54) is 0 Å². The molecular weight excluding hydrogens is 206 g/mol. The molecule has 80 valence electrons. The molecule has 0 spiro atoms. The van der Waals surface area contributed by atoms with Crippen molar-refractivity contribution in [2.75, 3.05) is 13.2 Å². The van der Waals surface area contributed by atoms with E-state index in [4.69, 9.17) is 14.7 Å². The van der Waals surface area contributed by atoms with Crippen LogP contribution in [0.3, 0.4) is 0 Å². The number of rotatable bonds is 1. The van der Waals surface area contributed by atoms with E-state index in [-0.39, 0.29) is 6.54 Å². The molecule has 0 bridgehead atoms. The highest BCUT2D eigenvalue weighted by molar-refractivity contribution is 5.80. The average Bonchev–Trinajstić information content (AvgIpc) is 2.70. The largest absolute Gasteiger partial charge is 0.486 e. The molecule has 0 unspecified atom stereocenters. The van der Waals surface area contributed by atoms with Crippen LogP contribution in [0.2, 0.25) is 0 Å². The highest BCUT2D eigenvalue weighted by Gasteiger charge is 2.14. The Hall–Kier alpha value is -2.22. The third-order valence-electron chi connectivity index (χ3n) is 2.53. The number of aromatic nitrogens is 2. The van der Waals surface area contributed by atoms with Crippen molar-refractivity contribution in [3.05, 3.63) is 18.5 Å². The van der Waals surface area contributed by atoms with E-state index in [0.29, 0.717) is 13.2 Å². The van der Waals surface area contributed by atoms with Crippen LogP contribution in [0.1, 0.15) is 0 Å². The monoisotopic (exact) mass is 215 g/mol. The van der Waals surface area contributed by atoms with Crippen LogP contribution >= 0.6 is 0 Å². The van der Waals surface area contributed by atoms with Crippen LogP contribution in [0, 0.1) is 11.3 Å². The van der Waals surface area contributed by atoms with Gasteiger partial charge in [0.2, 0.25) is 0 Å². The van der Waals surface area contributed by atoms with Gasteiger partial charge in [-0.2, -0.15) is 5.26 Å². The van der Waals surface area contributed by atoms with E-state index in [9.17, 15) is 0 Å². The maximum absolute atomic E-state index is 8.68.